The normalized spacial score (nSPS) is 10.4. The average Bonchev–Trinajstić information content (AvgIpc) is 2.28. The van der Waals surface area contributed by atoms with E-state index in [1.54, 1.807) is 11.6 Å². The Bertz CT molecular complexity index is 575. The van der Waals surface area contributed by atoms with E-state index < -0.39 is 0 Å². The lowest BCUT2D eigenvalue weighted by molar-refractivity contribution is 0.863. The summed E-state index contributed by atoms with van der Waals surface area (Å²) in [6.45, 7) is 0. The Morgan fingerprint density at radius 2 is 1.75 bits per heavy atom. The molecule has 0 unspecified atom stereocenters. The van der Waals surface area contributed by atoms with E-state index >= 15 is 0 Å². The van der Waals surface area contributed by atoms with Crippen molar-refractivity contribution in [3.63, 3.8) is 0 Å². The fourth-order valence-electron chi connectivity index (χ4n) is 1.52. The lowest BCUT2D eigenvalue weighted by Crippen LogP contribution is -2.20. The lowest BCUT2D eigenvalue weighted by Gasteiger charge is -2.08. The van der Waals surface area contributed by atoms with Crippen molar-refractivity contribution in [2.24, 2.45) is 7.05 Å². The van der Waals surface area contributed by atoms with Gasteiger partial charge in [0.1, 0.15) is 0 Å². The zero-order chi connectivity index (χ0) is 11.7. The maximum atomic E-state index is 11.8. The van der Waals surface area contributed by atoms with Crippen LogP contribution in [0.15, 0.2) is 45.7 Å². The summed E-state index contributed by atoms with van der Waals surface area (Å²) in [5.74, 6) is 0. The van der Waals surface area contributed by atoms with Gasteiger partial charge in [-0.25, -0.2) is 0 Å². The van der Waals surface area contributed by atoms with Gasteiger partial charge in [-0.3, -0.25) is 4.79 Å². The van der Waals surface area contributed by atoms with Gasteiger partial charge < -0.3 is 4.57 Å². The molecular weight excluding hydrogens is 381 g/mol. The Labute approximate surface area is 116 Å². The Balaban J connectivity index is 2.61. The van der Waals surface area contributed by atoms with E-state index in [1.165, 1.54) is 0 Å². The Morgan fingerprint density at radius 1 is 1.12 bits per heavy atom. The second-order valence-corrected chi connectivity index (χ2v) is 5.52. The summed E-state index contributed by atoms with van der Waals surface area (Å²) >= 11 is 5.44. The summed E-state index contributed by atoms with van der Waals surface area (Å²) in [5, 5.41) is 0. The van der Waals surface area contributed by atoms with Crippen LogP contribution >= 0.6 is 38.5 Å². The monoisotopic (exact) mass is 389 g/mol. The van der Waals surface area contributed by atoms with Crippen molar-refractivity contribution in [1.82, 2.24) is 4.57 Å². The molecule has 0 atom stereocenters. The minimum absolute atomic E-state index is 0.0426. The number of pyridine rings is 1. The summed E-state index contributed by atoms with van der Waals surface area (Å²) < 4.78 is 3.44. The number of hydrogen-bond donors (Lipinski definition) is 0. The fourth-order valence-corrected chi connectivity index (χ4v) is 2.32. The van der Waals surface area contributed by atoms with Crippen molar-refractivity contribution in [3.8, 4) is 11.3 Å². The van der Waals surface area contributed by atoms with Gasteiger partial charge in [0.25, 0.3) is 5.56 Å². The molecule has 0 N–H and O–H groups in total. The number of benzene rings is 1. The number of rotatable bonds is 1. The maximum Gasteiger partial charge on any atom is 0.264 e. The third-order valence-electron chi connectivity index (χ3n) is 2.40. The van der Waals surface area contributed by atoms with E-state index in [2.05, 4.69) is 38.5 Å². The quantitative estimate of drug-likeness (QED) is 0.685. The molecule has 1 aromatic carbocycles. The van der Waals surface area contributed by atoms with Crippen molar-refractivity contribution in [2.45, 2.75) is 0 Å². The second kappa shape index (κ2) is 4.71. The molecular formula is C12H9BrINO. The van der Waals surface area contributed by atoms with E-state index in [0.717, 1.165) is 19.3 Å². The highest BCUT2D eigenvalue weighted by Crippen LogP contribution is 2.20. The summed E-state index contributed by atoms with van der Waals surface area (Å²) in [7, 11) is 1.79. The zero-order valence-corrected chi connectivity index (χ0v) is 12.3. The van der Waals surface area contributed by atoms with Gasteiger partial charge >= 0.3 is 0 Å². The standard InChI is InChI=1S/C12H9BrINO/c1-15-11(7-6-10(14)12(15)16)8-2-4-9(13)5-3-8/h2-7H,1H3. The Kier molecular flexibility index (Phi) is 3.49. The van der Waals surface area contributed by atoms with Crippen LogP contribution in [0.5, 0.6) is 0 Å². The first-order valence-electron chi connectivity index (χ1n) is 4.71. The molecule has 0 spiro atoms. The Morgan fingerprint density at radius 3 is 2.38 bits per heavy atom. The van der Waals surface area contributed by atoms with Gasteiger partial charge in [0.05, 0.1) is 9.26 Å². The van der Waals surface area contributed by atoms with E-state index in [-0.39, 0.29) is 5.56 Å². The van der Waals surface area contributed by atoms with Crippen molar-refractivity contribution >= 4 is 38.5 Å². The predicted octanol–water partition coefficient (Wildman–Crippen LogP) is 3.42. The molecule has 0 bridgehead atoms. The lowest BCUT2D eigenvalue weighted by atomic mass is 10.1. The maximum absolute atomic E-state index is 11.8. The molecule has 0 aliphatic carbocycles. The third kappa shape index (κ3) is 2.22. The Hall–Kier alpha value is -0.620. The number of halogens is 2. The third-order valence-corrected chi connectivity index (χ3v) is 3.75. The summed E-state index contributed by atoms with van der Waals surface area (Å²) in [6, 6.07) is 11.7. The highest BCUT2D eigenvalue weighted by molar-refractivity contribution is 14.1. The SMILES string of the molecule is Cn1c(-c2ccc(Br)cc2)ccc(I)c1=O. The summed E-state index contributed by atoms with van der Waals surface area (Å²) in [4.78, 5) is 11.8. The molecule has 0 aliphatic heterocycles. The van der Waals surface area contributed by atoms with Gasteiger partial charge in [-0.15, -0.1) is 0 Å². The van der Waals surface area contributed by atoms with E-state index in [0.29, 0.717) is 0 Å². The second-order valence-electron chi connectivity index (χ2n) is 3.44. The van der Waals surface area contributed by atoms with Crippen LogP contribution in [0.3, 0.4) is 0 Å². The van der Waals surface area contributed by atoms with Crippen molar-refractivity contribution < 1.29 is 0 Å². The summed E-state index contributed by atoms with van der Waals surface area (Å²) in [6.07, 6.45) is 0. The van der Waals surface area contributed by atoms with Gasteiger partial charge in [0, 0.05) is 11.5 Å². The van der Waals surface area contributed by atoms with Gasteiger partial charge in [-0.1, -0.05) is 28.1 Å². The fraction of sp³-hybridized carbons (Fsp3) is 0.0833. The van der Waals surface area contributed by atoms with Crippen molar-refractivity contribution in [1.29, 1.82) is 0 Å². The number of aromatic nitrogens is 1. The first kappa shape index (κ1) is 11.9. The highest BCUT2D eigenvalue weighted by Gasteiger charge is 2.05. The first-order valence-corrected chi connectivity index (χ1v) is 6.58. The van der Waals surface area contributed by atoms with Crippen LogP contribution in [0.25, 0.3) is 11.3 Å². The van der Waals surface area contributed by atoms with Gasteiger partial charge in [-0.2, -0.15) is 0 Å². The molecule has 0 saturated carbocycles. The van der Waals surface area contributed by atoms with Crippen LogP contribution in [-0.4, -0.2) is 4.57 Å². The minimum Gasteiger partial charge on any atom is -0.310 e. The molecule has 16 heavy (non-hydrogen) atoms. The molecule has 2 rings (SSSR count). The average molecular weight is 390 g/mol. The van der Waals surface area contributed by atoms with E-state index in [1.807, 2.05) is 36.4 Å². The number of nitrogens with zero attached hydrogens (tertiary/aromatic N) is 1. The van der Waals surface area contributed by atoms with Crippen LogP contribution < -0.4 is 5.56 Å². The molecule has 82 valence electrons. The molecule has 0 amide bonds. The highest BCUT2D eigenvalue weighted by atomic mass is 127. The van der Waals surface area contributed by atoms with Crippen LogP contribution in [-0.2, 0) is 7.05 Å². The first-order chi connectivity index (χ1) is 7.59. The van der Waals surface area contributed by atoms with E-state index in [9.17, 15) is 4.79 Å². The van der Waals surface area contributed by atoms with Crippen LogP contribution in [0.1, 0.15) is 0 Å². The van der Waals surface area contributed by atoms with Gasteiger partial charge in [0.2, 0.25) is 0 Å². The van der Waals surface area contributed by atoms with E-state index in [4.69, 9.17) is 0 Å². The molecule has 0 radical (unpaired) electrons. The molecule has 1 aromatic heterocycles. The molecule has 1 heterocycles. The molecule has 0 saturated heterocycles. The smallest absolute Gasteiger partial charge is 0.264 e. The number of hydrogen-bond acceptors (Lipinski definition) is 1. The molecule has 0 fully saturated rings. The van der Waals surface area contributed by atoms with Gasteiger partial charge in [-0.05, 0) is 52.4 Å². The molecule has 0 aliphatic rings. The molecule has 2 aromatic rings. The van der Waals surface area contributed by atoms with Crippen LogP contribution in [0.4, 0.5) is 0 Å². The molecule has 4 heteroatoms. The van der Waals surface area contributed by atoms with Crippen molar-refractivity contribution in [2.75, 3.05) is 0 Å². The van der Waals surface area contributed by atoms with Crippen molar-refractivity contribution in [3.05, 3.63) is 54.8 Å². The van der Waals surface area contributed by atoms with Crippen LogP contribution in [0.2, 0.25) is 0 Å². The largest absolute Gasteiger partial charge is 0.310 e. The molecule has 2 nitrogen and oxygen atoms in total. The van der Waals surface area contributed by atoms with Crippen LogP contribution in [0, 0.1) is 3.57 Å². The predicted molar refractivity (Wildman–Crippen MR) is 77.5 cm³/mol. The summed E-state index contributed by atoms with van der Waals surface area (Å²) in [5.41, 5.74) is 2.01. The zero-order valence-electron chi connectivity index (χ0n) is 8.58. The minimum atomic E-state index is 0.0426. The van der Waals surface area contributed by atoms with Gasteiger partial charge in [0.15, 0.2) is 0 Å². The topological polar surface area (TPSA) is 22.0 Å².